The van der Waals surface area contributed by atoms with E-state index in [4.69, 9.17) is 21.4 Å². The van der Waals surface area contributed by atoms with Gasteiger partial charge in [0.05, 0.1) is 5.56 Å². The van der Waals surface area contributed by atoms with Crippen molar-refractivity contribution in [3.05, 3.63) is 52.7 Å². The van der Waals surface area contributed by atoms with Crippen LogP contribution in [0.15, 0.2) is 36.4 Å². The molecule has 0 aliphatic carbocycles. The van der Waals surface area contributed by atoms with Gasteiger partial charge < -0.3 is 9.84 Å². The van der Waals surface area contributed by atoms with Crippen LogP contribution in [0, 0.1) is 0 Å². The Labute approximate surface area is 121 Å². The number of alkyl halides is 3. The molecule has 1 heterocycles. The van der Waals surface area contributed by atoms with Crippen LogP contribution in [0.4, 0.5) is 13.2 Å². The van der Waals surface area contributed by atoms with Gasteiger partial charge in [-0.1, -0.05) is 23.7 Å². The van der Waals surface area contributed by atoms with E-state index in [2.05, 4.69) is 4.98 Å². The van der Waals surface area contributed by atoms with Crippen LogP contribution < -0.4 is 4.74 Å². The zero-order valence-corrected chi connectivity index (χ0v) is 10.9. The number of nitrogens with zero attached hydrogens (tertiary/aromatic N) is 1. The maximum absolute atomic E-state index is 12.8. The summed E-state index contributed by atoms with van der Waals surface area (Å²) in [6.45, 7) is 0. The van der Waals surface area contributed by atoms with Gasteiger partial charge in [0.1, 0.15) is 16.5 Å². The topological polar surface area (TPSA) is 59.4 Å². The van der Waals surface area contributed by atoms with Crippen LogP contribution in [0.1, 0.15) is 15.9 Å². The quantitative estimate of drug-likeness (QED) is 0.860. The Morgan fingerprint density at radius 2 is 1.86 bits per heavy atom. The van der Waals surface area contributed by atoms with E-state index in [1.165, 1.54) is 18.2 Å². The predicted octanol–water partition coefficient (Wildman–Crippen LogP) is 4.24. The van der Waals surface area contributed by atoms with Gasteiger partial charge >= 0.3 is 12.1 Å². The number of benzene rings is 1. The normalized spacial score (nSPS) is 11.2. The van der Waals surface area contributed by atoms with Crippen LogP contribution in [0.3, 0.4) is 0 Å². The molecule has 0 unspecified atom stereocenters. The van der Waals surface area contributed by atoms with E-state index in [0.29, 0.717) is 0 Å². The van der Waals surface area contributed by atoms with Crippen molar-refractivity contribution in [2.24, 2.45) is 0 Å². The Bertz CT molecular complexity index is 689. The van der Waals surface area contributed by atoms with E-state index in [9.17, 15) is 18.0 Å². The number of rotatable bonds is 3. The zero-order valence-electron chi connectivity index (χ0n) is 10.2. The fourth-order valence-corrected chi connectivity index (χ4v) is 1.69. The first-order valence-electron chi connectivity index (χ1n) is 5.53. The number of halogens is 4. The minimum Gasteiger partial charge on any atom is -0.477 e. The number of pyridine rings is 1. The van der Waals surface area contributed by atoms with Gasteiger partial charge in [-0.3, -0.25) is 0 Å². The lowest BCUT2D eigenvalue weighted by Gasteiger charge is -2.13. The number of carboxylic acids is 1. The minimum absolute atomic E-state index is 0.0977. The highest BCUT2D eigenvalue weighted by Gasteiger charge is 2.34. The molecule has 1 aromatic carbocycles. The first-order valence-corrected chi connectivity index (χ1v) is 5.91. The number of hydrogen-bond acceptors (Lipinski definition) is 3. The van der Waals surface area contributed by atoms with Gasteiger partial charge in [-0.2, -0.15) is 13.2 Å². The van der Waals surface area contributed by atoms with Gasteiger partial charge in [0.2, 0.25) is 5.88 Å². The standard InChI is InChI=1S/C13H7ClF3NO3/c14-10-6-5-7(12(19)20)11(18-10)21-9-4-2-1-3-8(9)13(15,16)17/h1-6H,(H,19,20). The van der Waals surface area contributed by atoms with E-state index >= 15 is 0 Å². The van der Waals surface area contributed by atoms with Crippen molar-refractivity contribution in [3.8, 4) is 11.6 Å². The molecule has 110 valence electrons. The lowest BCUT2D eigenvalue weighted by Crippen LogP contribution is -2.08. The maximum Gasteiger partial charge on any atom is 0.419 e. The van der Waals surface area contributed by atoms with Crippen LogP contribution in [0.2, 0.25) is 5.15 Å². The number of carboxylic acid groups (broad SMARTS) is 1. The summed E-state index contributed by atoms with van der Waals surface area (Å²) in [6.07, 6.45) is -4.64. The summed E-state index contributed by atoms with van der Waals surface area (Å²) in [5.74, 6) is -2.45. The highest BCUT2D eigenvalue weighted by Crippen LogP contribution is 2.38. The van der Waals surface area contributed by atoms with E-state index in [1.54, 1.807) is 0 Å². The van der Waals surface area contributed by atoms with Crippen LogP contribution >= 0.6 is 11.6 Å². The summed E-state index contributed by atoms with van der Waals surface area (Å²) in [5, 5.41) is 8.88. The maximum atomic E-state index is 12.8. The predicted molar refractivity (Wildman–Crippen MR) is 67.7 cm³/mol. The van der Waals surface area contributed by atoms with Gasteiger partial charge in [0.15, 0.2) is 0 Å². The van der Waals surface area contributed by atoms with Gasteiger partial charge in [-0.25, -0.2) is 9.78 Å². The molecule has 1 N–H and O–H groups in total. The molecule has 0 saturated heterocycles. The van der Waals surface area contributed by atoms with Crippen LogP contribution in [0.5, 0.6) is 11.6 Å². The lowest BCUT2D eigenvalue weighted by molar-refractivity contribution is -0.138. The molecule has 0 fully saturated rings. The van der Waals surface area contributed by atoms with Gasteiger partial charge in [-0.05, 0) is 24.3 Å². The largest absolute Gasteiger partial charge is 0.477 e. The second-order valence-electron chi connectivity index (χ2n) is 3.89. The molecule has 0 radical (unpaired) electrons. The molecule has 1 aromatic heterocycles. The third kappa shape index (κ3) is 3.43. The molecule has 2 aromatic rings. The van der Waals surface area contributed by atoms with Crippen molar-refractivity contribution in [2.45, 2.75) is 6.18 Å². The summed E-state index contributed by atoms with van der Waals surface area (Å²) >= 11 is 5.61. The summed E-state index contributed by atoms with van der Waals surface area (Å²) in [5.41, 5.74) is -1.43. The third-order valence-corrected chi connectivity index (χ3v) is 2.67. The summed E-state index contributed by atoms with van der Waals surface area (Å²) in [7, 11) is 0. The van der Waals surface area contributed by atoms with Gasteiger partial charge in [0, 0.05) is 0 Å². The average molecular weight is 318 g/mol. The summed E-state index contributed by atoms with van der Waals surface area (Å²) in [4.78, 5) is 14.6. The van der Waals surface area contributed by atoms with E-state index < -0.39 is 34.9 Å². The molecule has 0 saturated carbocycles. The van der Waals surface area contributed by atoms with Crippen molar-refractivity contribution in [3.63, 3.8) is 0 Å². The second-order valence-corrected chi connectivity index (χ2v) is 4.28. The number of ether oxygens (including phenoxy) is 1. The SMILES string of the molecule is O=C(O)c1ccc(Cl)nc1Oc1ccccc1C(F)(F)F. The lowest BCUT2D eigenvalue weighted by atomic mass is 10.2. The molecule has 0 amide bonds. The fourth-order valence-electron chi connectivity index (χ4n) is 1.55. The average Bonchev–Trinajstić information content (AvgIpc) is 2.37. The highest BCUT2D eigenvalue weighted by molar-refractivity contribution is 6.29. The Morgan fingerprint density at radius 1 is 1.19 bits per heavy atom. The van der Waals surface area contributed by atoms with Crippen molar-refractivity contribution in [1.82, 2.24) is 4.98 Å². The Kier molecular flexibility index (Phi) is 4.04. The number of aromatic carboxylic acids is 1. The van der Waals surface area contributed by atoms with Gasteiger partial charge in [-0.15, -0.1) is 0 Å². The third-order valence-electron chi connectivity index (χ3n) is 2.46. The van der Waals surface area contributed by atoms with Crippen molar-refractivity contribution in [2.75, 3.05) is 0 Å². The van der Waals surface area contributed by atoms with Gasteiger partial charge in [0.25, 0.3) is 0 Å². The molecule has 0 spiro atoms. The first-order chi connectivity index (χ1) is 9.79. The van der Waals surface area contributed by atoms with E-state index in [1.807, 2.05) is 0 Å². The summed E-state index contributed by atoms with van der Waals surface area (Å²) in [6, 6.07) is 6.71. The van der Waals surface area contributed by atoms with Crippen molar-refractivity contribution in [1.29, 1.82) is 0 Å². The van der Waals surface area contributed by atoms with Crippen molar-refractivity contribution < 1.29 is 27.8 Å². The molecule has 21 heavy (non-hydrogen) atoms. The monoisotopic (exact) mass is 317 g/mol. The highest BCUT2D eigenvalue weighted by atomic mass is 35.5. The number of hydrogen-bond donors (Lipinski definition) is 1. The number of para-hydroxylation sites is 1. The molecular weight excluding hydrogens is 311 g/mol. The molecule has 0 aliphatic heterocycles. The van der Waals surface area contributed by atoms with E-state index in [0.717, 1.165) is 18.2 Å². The molecule has 2 rings (SSSR count). The minimum atomic E-state index is -4.64. The summed E-state index contributed by atoms with van der Waals surface area (Å²) < 4.78 is 43.6. The fraction of sp³-hybridized carbons (Fsp3) is 0.0769. The van der Waals surface area contributed by atoms with Crippen molar-refractivity contribution >= 4 is 17.6 Å². The molecule has 0 bridgehead atoms. The zero-order chi connectivity index (χ0) is 15.6. The Balaban J connectivity index is 2.49. The molecule has 0 atom stereocenters. The van der Waals surface area contributed by atoms with Crippen LogP contribution in [-0.2, 0) is 6.18 Å². The second kappa shape index (κ2) is 5.61. The Morgan fingerprint density at radius 3 is 2.48 bits per heavy atom. The smallest absolute Gasteiger partial charge is 0.419 e. The van der Waals surface area contributed by atoms with Crippen LogP contribution in [0.25, 0.3) is 0 Å². The van der Waals surface area contributed by atoms with Crippen LogP contribution in [-0.4, -0.2) is 16.1 Å². The molecule has 0 aliphatic rings. The number of aromatic nitrogens is 1. The van der Waals surface area contributed by atoms with E-state index in [-0.39, 0.29) is 5.15 Å². The molecular formula is C13H7ClF3NO3. The molecule has 8 heteroatoms. The molecule has 4 nitrogen and oxygen atoms in total. The number of carbonyl (C=O) groups is 1. The Hall–Kier alpha value is -2.28. The first kappa shape index (κ1) is 15.1.